The molecule has 11 rings (SSSR count). The number of nitrogens with zero attached hydrogens (tertiary/aromatic N) is 5. The number of aliphatic hydroxyl groups excluding tert-OH is 1. The van der Waals surface area contributed by atoms with E-state index in [1.54, 1.807) is 37.3 Å². The van der Waals surface area contributed by atoms with Gasteiger partial charge < -0.3 is 34.5 Å². The van der Waals surface area contributed by atoms with Crippen molar-refractivity contribution in [3.8, 4) is 56.3 Å². The summed E-state index contributed by atoms with van der Waals surface area (Å²) in [6, 6.07) is 44.5. The van der Waals surface area contributed by atoms with Crippen molar-refractivity contribution in [3.05, 3.63) is 295 Å². The number of amides is 1. The fourth-order valence-corrected chi connectivity index (χ4v) is 12.7. The van der Waals surface area contributed by atoms with Crippen LogP contribution in [0.2, 0.25) is 50.9 Å². The van der Waals surface area contributed by atoms with Gasteiger partial charge in [-0.05, 0) is 220 Å². The standard InChI is InChI=1S/C22H18Cl2F2N2O2.C16H13Cl2F2NO2.C16H14Cl2FNO3.C15H11Cl2F2NO2.C15H12Cl2FNO2/c1-22(13-25,28-21(29)30-12-14-5-3-2-4-6-14)16-10-19(27-20(24)11-16)15-7-8-18(26)17(23)9-15;1-16(8-19,15(22)23-2)10-6-13(21-14(18)7-10)9-3-4-12(20)11(17)5-9;1-16(8-21,15(22)23-2)10-6-13(20-14(18)7-10)9-3-4-12(19)11(17)5-9;1-15(7-18,14(21)22)9-5-12(20-13(17)6-9)8-2-3-11(19)10(16)4-8;1-8(15(20)21-2)10-6-13(19-14(17)7-10)9-3-4-12(18)11(16)5-9/h2-11H,12-13H2,1H3,(H,28,29);3-7H,8H2,1-2H3;3-7,21H,8H2,1-2H3;2-6H,7H2,1H3,(H,21,22);3-8H,1-2H3. The van der Waals surface area contributed by atoms with Gasteiger partial charge in [0.25, 0.3) is 0 Å². The number of pyridine rings is 5. The number of rotatable bonds is 21. The van der Waals surface area contributed by atoms with Crippen LogP contribution < -0.4 is 5.32 Å². The summed E-state index contributed by atoms with van der Waals surface area (Å²) in [7, 11) is 3.74. The number of aromatic nitrogens is 5. The Kier molecular flexibility index (Phi) is 35.0. The number of hydrogen-bond acceptors (Lipinski definition) is 15. The molecule has 35 heteroatoms. The van der Waals surface area contributed by atoms with Crippen LogP contribution >= 0.6 is 116 Å². The molecule has 3 N–H and O–H groups in total. The van der Waals surface area contributed by atoms with Crippen molar-refractivity contribution in [1.82, 2.24) is 30.2 Å². The van der Waals surface area contributed by atoms with Gasteiger partial charge in [0.1, 0.15) is 97.7 Å². The summed E-state index contributed by atoms with van der Waals surface area (Å²) in [5.74, 6) is -6.30. The van der Waals surface area contributed by atoms with E-state index in [-0.39, 0.29) is 74.7 Å². The fraction of sp³-hybridized carbons (Fsp3) is 0.214. The maximum atomic E-state index is 14.0. The van der Waals surface area contributed by atoms with Crippen LogP contribution in [0.3, 0.4) is 0 Å². The third-order valence-electron chi connectivity index (χ3n) is 18.1. The minimum absolute atomic E-state index is 0.00292. The van der Waals surface area contributed by atoms with Gasteiger partial charge in [0.2, 0.25) is 0 Å². The predicted octanol–water partition coefficient (Wildman–Crippen LogP) is 23.5. The number of hydrogen-bond donors (Lipinski definition) is 3. The number of aliphatic hydroxyl groups is 1. The molecule has 5 unspecified atom stereocenters. The van der Waals surface area contributed by atoms with Gasteiger partial charge >= 0.3 is 30.0 Å². The van der Waals surface area contributed by atoms with Crippen LogP contribution in [-0.2, 0) is 66.5 Å². The molecule has 5 heterocycles. The Balaban J connectivity index is 0.000000206. The molecular weight excluding hydrogens is 1780 g/mol. The first-order valence-electron chi connectivity index (χ1n) is 34.6. The molecule has 0 aliphatic carbocycles. The van der Waals surface area contributed by atoms with Crippen LogP contribution in [0.5, 0.6) is 0 Å². The van der Waals surface area contributed by atoms with Crippen LogP contribution in [0.4, 0.5) is 39.9 Å². The minimum atomic E-state index is -1.74. The van der Waals surface area contributed by atoms with Crippen LogP contribution in [0.1, 0.15) is 73.9 Å². The van der Waals surface area contributed by atoms with Crippen molar-refractivity contribution < 1.29 is 88.3 Å². The second kappa shape index (κ2) is 43.1. The Morgan fingerprint density at radius 3 is 1.03 bits per heavy atom. The summed E-state index contributed by atoms with van der Waals surface area (Å²) < 4.78 is 127. The van der Waals surface area contributed by atoms with Crippen molar-refractivity contribution in [2.24, 2.45) is 0 Å². The largest absolute Gasteiger partial charge is 0.481 e. The summed E-state index contributed by atoms with van der Waals surface area (Å²) in [6.07, 6.45) is -0.779. The molecule has 626 valence electrons. The van der Waals surface area contributed by atoms with E-state index in [2.05, 4.69) is 35.0 Å². The number of carboxylic acid groups (broad SMARTS) is 1. The Labute approximate surface area is 727 Å². The lowest BCUT2D eigenvalue weighted by Gasteiger charge is -2.28. The number of nitrogens with one attached hydrogen (secondary N) is 1. The number of esters is 3. The number of alkyl halides is 3. The number of carboxylic acids is 1. The molecule has 0 saturated heterocycles. The number of carbonyl (C=O) groups is 5. The maximum absolute atomic E-state index is 14.0. The van der Waals surface area contributed by atoms with Crippen LogP contribution in [0.25, 0.3) is 56.3 Å². The number of methoxy groups -OCH3 is 3. The zero-order valence-electron chi connectivity index (χ0n) is 63.5. The Morgan fingerprint density at radius 1 is 0.403 bits per heavy atom. The minimum Gasteiger partial charge on any atom is -0.481 e. The van der Waals surface area contributed by atoms with Crippen molar-refractivity contribution in [3.63, 3.8) is 0 Å². The van der Waals surface area contributed by atoms with Crippen LogP contribution in [0.15, 0.2) is 182 Å². The van der Waals surface area contributed by atoms with E-state index < -0.39 is 107 Å². The quantitative estimate of drug-likeness (QED) is 0.0262. The molecule has 0 bridgehead atoms. The molecule has 5 atom stereocenters. The number of carbonyl (C=O) groups excluding carboxylic acids is 4. The molecule has 119 heavy (non-hydrogen) atoms. The van der Waals surface area contributed by atoms with E-state index >= 15 is 0 Å². The Hall–Kier alpha value is -9.48. The topological polar surface area (TPSA) is 239 Å². The molecule has 0 saturated carbocycles. The number of ether oxygens (including phenoxy) is 4. The average molecular weight is 1840 g/mol. The van der Waals surface area contributed by atoms with Gasteiger partial charge in [-0.25, -0.2) is 64.8 Å². The molecule has 0 radical (unpaired) electrons. The van der Waals surface area contributed by atoms with Crippen molar-refractivity contribution in [1.29, 1.82) is 0 Å². The lowest BCUT2D eigenvalue weighted by molar-refractivity contribution is -0.149. The third-order valence-corrected chi connectivity index (χ3v) is 20.5. The summed E-state index contributed by atoms with van der Waals surface area (Å²) in [5.41, 5.74) is 1.26. The Morgan fingerprint density at radius 2 is 0.714 bits per heavy atom. The lowest BCUT2D eigenvalue weighted by atomic mass is 9.83. The molecule has 6 aromatic carbocycles. The number of alkyl carbamates (subject to hydrolysis) is 1. The van der Waals surface area contributed by atoms with E-state index in [1.807, 2.05) is 30.3 Å². The van der Waals surface area contributed by atoms with Gasteiger partial charge in [-0.1, -0.05) is 146 Å². The van der Waals surface area contributed by atoms with Crippen molar-refractivity contribution in [2.45, 2.75) is 68.9 Å². The van der Waals surface area contributed by atoms with Crippen LogP contribution in [-0.4, -0.2) is 113 Å². The molecule has 11 aromatic rings. The highest BCUT2D eigenvalue weighted by Crippen LogP contribution is 2.38. The van der Waals surface area contributed by atoms with Gasteiger partial charge in [-0.3, -0.25) is 19.2 Å². The van der Waals surface area contributed by atoms with E-state index in [0.717, 1.165) is 11.6 Å². The number of benzene rings is 6. The molecule has 5 aromatic heterocycles. The summed E-state index contributed by atoms with van der Waals surface area (Å²) >= 11 is 58.9. The molecule has 0 spiro atoms. The second-order valence-corrected chi connectivity index (χ2v) is 30.6. The third kappa shape index (κ3) is 25.1. The molecule has 0 aliphatic heterocycles. The predicted molar refractivity (Wildman–Crippen MR) is 445 cm³/mol. The zero-order chi connectivity index (χ0) is 88.2. The van der Waals surface area contributed by atoms with Gasteiger partial charge in [-0.15, -0.1) is 0 Å². The molecule has 1 amide bonds. The zero-order valence-corrected chi connectivity index (χ0v) is 71.1. The highest BCUT2D eigenvalue weighted by molar-refractivity contribution is 6.33. The fourth-order valence-electron chi connectivity index (χ4n) is 10.8. The van der Waals surface area contributed by atoms with Crippen molar-refractivity contribution in [2.75, 3.05) is 48.0 Å². The SMILES string of the molecule is CC(CF)(C(=O)O)c1cc(Cl)nc(-c2ccc(F)c(Cl)c2)c1.CC(CF)(NC(=O)OCc1ccccc1)c1cc(Cl)nc(-c2ccc(F)c(Cl)c2)c1.COC(=O)C(C)(CF)c1cc(Cl)nc(-c2ccc(F)c(Cl)c2)c1.COC(=O)C(C)(CO)c1cc(Cl)nc(-c2ccc(F)c(Cl)c2)c1.COC(=O)C(C)c1cc(Cl)nc(-c2ccc(F)c(Cl)c2)c1. The average Bonchev–Trinajstić information content (AvgIpc) is 0.758. The van der Waals surface area contributed by atoms with Gasteiger partial charge in [0.05, 0.1) is 93.0 Å². The highest BCUT2D eigenvalue weighted by Gasteiger charge is 2.40. The first-order chi connectivity index (χ1) is 56.1. The van der Waals surface area contributed by atoms with E-state index in [4.69, 9.17) is 130 Å². The van der Waals surface area contributed by atoms with E-state index in [1.165, 1.54) is 164 Å². The maximum Gasteiger partial charge on any atom is 0.408 e. The summed E-state index contributed by atoms with van der Waals surface area (Å²) in [5, 5.41) is 21.6. The Bertz CT molecular complexity index is 5400. The summed E-state index contributed by atoms with van der Waals surface area (Å²) in [6.45, 7) is 3.99. The monoisotopic (exact) mass is 1840 g/mol. The lowest BCUT2D eigenvalue weighted by Crippen LogP contribution is -2.45. The summed E-state index contributed by atoms with van der Waals surface area (Å²) in [4.78, 5) is 79.9. The van der Waals surface area contributed by atoms with E-state index in [9.17, 15) is 69.3 Å². The molecule has 0 fully saturated rings. The van der Waals surface area contributed by atoms with Gasteiger partial charge in [0.15, 0.2) is 0 Å². The smallest absolute Gasteiger partial charge is 0.408 e. The highest BCUT2D eigenvalue weighted by atomic mass is 35.5. The first kappa shape index (κ1) is 96.6. The number of halogens is 18. The number of aliphatic carboxylic acids is 1. The molecule has 17 nitrogen and oxygen atoms in total. The van der Waals surface area contributed by atoms with Crippen molar-refractivity contribution >= 4 is 146 Å². The normalized spacial score (nSPS) is 13.1. The van der Waals surface area contributed by atoms with E-state index in [0.29, 0.717) is 72.8 Å². The van der Waals surface area contributed by atoms with Crippen LogP contribution in [0, 0.1) is 29.1 Å². The molecular formula is C84H68Cl10F8N6O11. The molecule has 0 aliphatic rings. The first-order valence-corrected chi connectivity index (χ1v) is 38.3. The second-order valence-electron chi connectivity index (χ2n) is 26.6. The van der Waals surface area contributed by atoms with Gasteiger partial charge in [-0.2, -0.15) is 0 Å². The van der Waals surface area contributed by atoms with Gasteiger partial charge in [0, 0.05) is 27.8 Å².